The third kappa shape index (κ3) is 1.03. The van der Waals surface area contributed by atoms with Gasteiger partial charge in [0.05, 0.1) is 0 Å². The Labute approximate surface area is 73.9 Å². The van der Waals surface area contributed by atoms with Crippen molar-refractivity contribution in [3.8, 4) is 0 Å². The third-order valence-corrected chi connectivity index (χ3v) is 2.82. The average molecular weight is 213 g/mol. The molecule has 0 spiro atoms. The van der Waals surface area contributed by atoms with Crippen LogP contribution in [0.3, 0.4) is 0 Å². The lowest BCUT2D eigenvalue weighted by Gasteiger charge is -2.03. The summed E-state index contributed by atoms with van der Waals surface area (Å²) in [4.78, 5) is 4.08. The first-order chi connectivity index (χ1) is 5.29. The molecular formula is C8H9BrN2. The van der Waals surface area contributed by atoms with Crippen LogP contribution in [0, 0.1) is 0 Å². The van der Waals surface area contributed by atoms with E-state index in [2.05, 4.69) is 20.9 Å². The molecular weight excluding hydrogens is 204 g/mol. The molecule has 0 aliphatic heterocycles. The molecule has 0 bridgehead atoms. The van der Waals surface area contributed by atoms with Crippen LogP contribution in [0.2, 0.25) is 0 Å². The van der Waals surface area contributed by atoms with Gasteiger partial charge in [-0.3, -0.25) is 0 Å². The molecule has 2 rings (SSSR count). The maximum absolute atomic E-state index is 5.71. The van der Waals surface area contributed by atoms with Crippen molar-refractivity contribution in [3.05, 3.63) is 21.8 Å². The minimum absolute atomic E-state index is 0.709. The monoisotopic (exact) mass is 212 g/mol. The van der Waals surface area contributed by atoms with E-state index in [1.165, 1.54) is 17.5 Å². The van der Waals surface area contributed by atoms with Gasteiger partial charge in [-0.1, -0.05) is 0 Å². The van der Waals surface area contributed by atoms with Crippen molar-refractivity contribution in [1.29, 1.82) is 0 Å². The van der Waals surface area contributed by atoms with Crippen molar-refractivity contribution in [2.75, 3.05) is 5.73 Å². The number of nitrogen functional groups attached to an aromatic ring is 1. The van der Waals surface area contributed by atoms with Gasteiger partial charge in [0.15, 0.2) is 0 Å². The van der Waals surface area contributed by atoms with Crippen LogP contribution in [0.1, 0.15) is 17.5 Å². The molecule has 11 heavy (non-hydrogen) atoms. The SMILES string of the molecule is Nc1ncc(Br)c2c1CCC2. The van der Waals surface area contributed by atoms with Crippen molar-refractivity contribution in [3.63, 3.8) is 0 Å². The molecule has 0 aromatic carbocycles. The van der Waals surface area contributed by atoms with Gasteiger partial charge in [-0.15, -0.1) is 0 Å². The fourth-order valence-corrected chi connectivity index (χ4v) is 2.11. The van der Waals surface area contributed by atoms with Gasteiger partial charge in [0.2, 0.25) is 0 Å². The number of halogens is 1. The number of aromatic nitrogens is 1. The third-order valence-electron chi connectivity index (χ3n) is 2.13. The molecule has 1 aromatic rings. The van der Waals surface area contributed by atoms with Gasteiger partial charge in [-0.05, 0) is 46.3 Å². The summed E-state index contributed by atoms with van der Waals surface area (Å²) in [5, 5.41) is 0. The first-order valence-corrected chi connectivity index (χ1v) is 4.50. The van der Waals surface area contributed by atoms with Crippen LogP contribution in [0.25, 0.3) is 0 Å². The standard InChI is InChI=1S/C8H9BrN2/c9-7-4-11-8(10)6-3-1-2-5(6)7/h4H,1-3H2,(H2,10,11). The Balaban J connectivity index is 2.64. The highest BCUT2D eigenvalue weighted by Gasteiger charge is 2.16. The van der Waals surface area contributed by atoms with Crippen LogP contribution in [-0.4, -0.2) is 4.98 Å². The molecule has 58 valence electrons. The van der Waals surface area contributed by atoms with Crippen molar-refractivity contribution in [2.45, 2.75) is 19.3 Å². The van der Waals surface area contributed by atoms with Crippen molar-refractivity contribution < 1.29 is 0 Å². The number of fused-ring (bicyclic) bond motifs is 1. The quantitative estimate of drug-likeness (QED) is 0.714. The first kappa shape index (κ1) is 7.10. The molecule has 1 heterocycles. The molecule has 0 amide bonds. The Morgan fingerprint density at radius 3 is 2.82 bits per heavy atom. The summed E-state index contributed by atoms with van der Waals surface area (Å²) in [5.74, 6) is 0.709. The average Bonchev–Trinajstić information content (AvgIpc) is 2.45. The number of hydrogen-bond donors (Lipinski definition) is 1. The molecule has 1 aliphatic rings. The van der Waals surface area contributed by atoms with E-state index in [1.807, 2.05) is 0 Å². The van der Waals surface area contributed by atoms with Gasteiger partial charge >= 0.3 is 0 Å². The smallest absolute Gasteiger partial charge is 0.126 e. The second-order valence-electron chi connectivity index (χ2n) is 2.80. The summed E-state index contributed by atoms with van der Waals surface area (Å²) in [7, 11) is 0. The van der Waals surface area contributed by atoms with Crippen molar-refractivity contribution in [2.24, 2.45) is 0 Å². The largest absolute Gasteiger partial charge is 0.383 e. The van der Waals surface area contributed by atoms with Crippen LogP contribution >= 0.6 is 15.9 Å². The van der Waals surface area contributed by atoms with E-state index in [0.717, 1.165) is 17.3 Å². The highest BCUT2D eigenvalue weighted by Crippen LogP contribution is 2.31. The number of nitrogens with two attached hydrogens (primary N) is 1. The van der Waals surface area contributed by atoms with E-state index in [1.54, 1.807) is 6.20 Å². The topological polar surface area (TPSA) is 38.9 Å². The normalized spacial score (nSPS) is 15.0. The highest BCUT2D eigenvalue weighted by atomic mass is 79.9. The number of anilines is 1. The lowest BCUT2D eigenvalue weighted by atomic mass is 10.2. The number of pyridine rings is 1. The van der Waals surface area contributed by atoms with E-state index < -0.39 is 0 Å². The molecule has 0 atom stereocenters. The number of hydrogen-bond acceptors (Lipinski definition) is 2. The predicted octanol–water partition coefficient (Wildman–Crippen LogP) is 1.92. The van der Waals surface area contributed by atoms with E-state index in [9.17, 15) is 0 Å². The lowest BCUT2D eigenvalue weighted by molar-refractivity contribution is 0.911. The molecule has 0 saturated carbocycles. The van der Waals surface area contributed by atoms with Gasteiger partial charge in [0.1, 0.15) is 5.82 Å². The summed E-state index contributed by atoms with van der Waals surface area (Å²) in [6, 6.07) is 0. The van der Waals surface area contributed by atoms with E-state index in [0.29, 0.717) is 5.82 Å². The summed E-state index contributed by atoms with van der Waals surface area (Å²) in [6.45, 7) is 0. The Kier molecular flexibility index (Phi) is 1.60. The predicted molar refractivity (Wildman–Crippen MR) is 48.4 cm³/mol. The maximum Gasteiger partial charge on any atom is 0.126 e. The molecule has 3 heteroatoms. The van der Waals surface area contributed by atoms with E-state index >= 15 is 0 Å². The zero-order valence-corrected chi connectivity index (χ0v) is 7.69. The molecule has 0 fully saturated rings. The molecule has 2 N–H and O–H groups in total. The molecule has 0 unspecified atom stereocenters. The maximum atomic E-state index is 5.71. The summed E-state index contributed by atoms with van der Waals surface area (Å²) in [6.07, 6.45) is 5.24. The minimum Gasteiger partial charge on any atom is -0.383 e. The fourth-order valence-electron chi connectivity index (χ4n) is 1.57. The molecule has 1 aliphatic carbocycles. The molecule has 0 radical (unpaired) electrons. The number of rotatable bonds is 0. The molecule has 2 nitrogen and oxygen atoms in total. The Morgan fingerprint density at radius 2 is 2.09 bits per heavy atom. The Hall–Kier alpha value is -0.570. The zero-order valence-electron chi connectivity index (χ0n) is 6.10. The second-order valence-corrected chi connectivity index (χ2v) is 3.66. The minimum atomic E-state index is 0.709. The second kappa shape index (κ2) is 2.48. The van der Waals surface area contributed by atoms with Crippen molar-refractivity contribution in [1.82, 2.24) is 4.98 Å². The molecule has 0 saturated heterocycles. The van der Waals surface area contributed by atoms with Gasteiger partial charge in [0, 0.05) is 10.7 Å². The van der Waals surface area contributed by atoms with Crippen molar-refractivity contribution >= 4 is 21.7 Å². The summed E-state index contributed by atoms with van der Waals surface area (Å²) in [5.41, 5.74) is 8.32. The van der Waals surface area contributed by atoms with Gasteiger partial charge in [-0.2, -0.15) is 0 Å². The van der Waals surface area contributed by atoms with Crippen LogP contribution in [0.4, 0.5) is 5.82 Å². The van der Waals surface area contributed by atoms with Gasteiger partial charge < -0.3 is 5.73 Å². The summed E-state index contributed by atoms with van der Waals surface area (Å²) < 4.78 is 1.11. The lowest BCUT2D eigenvalue weighted by Crippen LogP contribution is -1.97. The highest BCUT2D eigenvalue weighted by molar-refractivity contribution is 9.10. The van der Waals surface area contributed by atoms with Crippen LogP contribution in [-0.2, 0) is 12.8 Å². The summed E-state index contributed by atoms with van der Waals surface area (Å²) >= 11 is 3.46. The van der Waals surface area contributed by atoms with Gasteiger partial charge in [0.25, 0.3) is 0 Å². The Morgan fingerprint density at radius 1 is 1.36 bits per heavy atom. The molecule has 1 aromatic heterocycles. The van der Waals surface area contributed by atoms with Gasteiger partial charge in [-0.25, -0.2) is 4.98 Å². The first-order valence-electron chi connectivity index (χ1n) is 3.71. The van der Waals surface area contributed by atoms with E-state index in [4.69, 9.17) is 5.73 Å². The fraction of sp³-hybridized carbons (Fsp3) is 0.375. The number of nitrogens with zero attached hydrogens (tertiary/aromatic N) is 1. The van der Waals surface area contributed by atoms with Crippen LogP contribution < -0.4 is 5.73 Å². The van der Waals surface area contributed by atoms with Crippen LogP contribution in [0.5, 0.6) is 0 Å². The zero-order chi connectivity index (χ0) is 7.84. The van der Waals surface area contributed by atoms with E-state index in [-0.39, 0.29) is 0 Å². The Bertz CT molecular complexity index is 267. The van der Waals surface area contributed by atoms with Crippen LogP contribution in [0.15, 0.2) is 10.7 Å².